The lowest BCUT2D eigenvalue weighted by Gasteiger charge is -2.47. The molecule has 0 saturated carbocycles. The van der Waals surface area contributed by atoms with E-state index in [0.717, 1.165) is 36.8 Å². The molecule has 7 heteroatoms. The lowest BCUT2D eigenvalue weighted by atomic mass is 9.73. The van der Waals surface area contributed by atoms with Crippen LogP contribution < -0.4 is 10.4 Å². The van der Waals surface area contributed by atoms with Crippen LogP contribution in [-0.4, -0.2) is 55.0 Å². The van der Waals surface area contributed by atoms with Gasteiger partial charge in [0.2, 0.25) is 0 Å². The maximum Gasteiger partial charge on any atom is 0.334 e. The first-order chi connectivity index (χ1) is 23.6. The maximum absolute atomic E-state index is 13.6. The fourth-order valence-corrected chi connectivity index (χ4v) is 12.6. The van der Waals surface area contributed by atoms with Gasteiger partial charge in [-0.15, -0.1) is 0 Å². The first kappa shape index (κ1) is 39.8. The van der Waals surface area contributed by atoms with Gasteiger partial charge in [0, 0.05) is 30.6 Å². The number of aliphatic hydroxyl groups is 2. The van der Waals surface area contributed by atoms with Gasteiger partial charge < -0.3 is 24.1 Å². The molecule has 2 N–H and O–H groups in total. The van der Waals surface area contributed by atoms with Gasteiger partial charge in [-0.25, -0.2) is 4.79 Å². The molecule has 6 nitrogen and oxygen atoms in total. The molecule has 2 aliphatic rings. The zero-order valence-electron chi connectivity index (χ0n) is 31.9. The van der Waals surface area contributed by atoms with Crippen LogP contribution in [0.15, 0.2) is 95.8 Å². The van der Waals surface area contributed by atoms with Gasteiger partial charge in [-0.3, -0.25) is 0 Å². The second-order valence-electron chi connectivity index (χ2n) is 16.2. The van der Waals surface area contributed by atoms with Crippen LogP contribution in [0.4, 0.5) is 0 Å². The zero-order valence-corrected chi connectivity index (χ0v) is 32.9. The number of cyclic esters (lactones) is 1. The van der Waals surface area contributed by atoms with Crippen molar-refractivity contribution in [3.8, 4) is 0 Å². The number of carbonyl (C=O) groups is 1. The molecule has 2 heterocycles. The molecule has 0 radical (unpaired) electrons. The molecule has 2 aromatic carbocycles. The van der Waals surface area contributed by atoms with E-state index in [2.05, 4.69) is 82.3 Å². The molecule has 0 spiro atoms. The Morgan fingerprint density at radius 3 is 2.08 bits per heavy atom. The van der Waals surface area contributed by atoms with Crippen molar-refractivity contribution >= 4 is 24.7 Å². The van der Waals surface area contributed by atoms with E-state index in [-0.39, 0.29) is 29.3 Å². The monoisotopic (exact) mass is 702 g/mol. The van der Waals surface area contributed by atoms with Crippen LogP contribution in [0.1, 0.15) is 107 Å². The van der Waals surface area contributed by atoms with E-state index in [9.17, 15) is 15.0 Å². The lowest BCUT2D eigenvalue weighted by molar-refractivity contribution is -0.143. The summed E-state index contributed by atoms with van der Waals surface area (Å²) in [7, 11) is -2.90. The summed E-state index contributed by atoms with van der Waals surface area (Å²) in [6, 6.07) is 21.2. The molecule has 2 aliphatic heterocycles. The van der Waals surface area contributed by atoms with E-state index in [1.54, 1.807) is 0 Å². The Morgan fingerprint density at radius 2 is 1.52 bits per heavy atom. The average molecular weight is 703 g/mol. The van der Waals surface area contributed by atoms with Crippen LogP contribution in [0.3, 0.4) is 0 Å². The average Bonchev–Trinajstić information content (AvgIpc) is 3.08. The molecule has 1 saturated heterocycles. The SMILES string of the molecule is CCCCC[C@@H]1C/C=C(\C)[C@@H](O)C(C)(C)[C@H](O)[C@@H](C)/C=C(\C)[C@@H]2C[C@H](O[Si](c3ccccc3)(c3ccccc3)C(C)(C)C)CC(=CC(=O)O1)O2. The number of carbonyl (C=O) groups excluding carboxylic acids is 1. The lowest BCUT2D eigenvalue weighted by Crippen LogP contribution is -2.68. The van der Waals surface area contributed by atoms with Gasteiger partial charge >= 0.3 is 5.97 Å². The summed E-state index contributed by atoms with van der Waals surface area (Å²) in [5.41, 5.74) is 0.899. The van der Waals surface area contributed by atoms with Crippen LogP contribution in [0, 0.1) is 11.3 Å². The van der Waals surface area contributed by atoms with Gasteiger partial charge in [-0.05, 0) is 53.2 Å². The molecular weight excluding hydrogens is 641 g/mol. The minimum Gasteiger partial charge on any atom is -0.490 e. The summed E-state index contributed by atoms with van der Waals surface area (Å²) in [6.07, 6.45) is 8.23. The maximum atomic E-state index is 13.6. The molecule has 2 bridgehead atoms. The Hall–Kier alpha value is -2.97. The van der Waals surface area contributed by atoms with Crippen molar-refractivity contribution in [1.82, 2.24) is 0 Å². The first-order valence-electron chi connectivity index (χ1n) is 18.7. The van der Waals surface area contributed by atoms with E-state index in [1.165, 1.54) is 16.4 Å². The summed E-state index contributed by atoms with van der Waals surface area (Å²) in [4.78, 5) is 13.6. The van der Waals surface area contributed by atoms with Gasteiger partial charge in [-0.1, -0.05) is 134 Å². The van der Waals surface area contributed by atoms with Crippen molar-refractivity contribution in [3.63, 3.8) is 0 Å². The van der Waals surface area contributed by atoms with Crippen molar-refractivity contribution in [1.29, 1.82) is 0 Å². The van der Waals surface area contributed by atoms with Gasteiger partial charge in [0.1, 0.15) is 18.0 Å². The number of hydrogen-bond acceptors (Lipinski definition) is 6. The number of fused-ring (bicyclic) bond motifs is 2. The van der Waals surface area contributed by atoms with Gasteiger partial charge in [-0.2, -0.15) is 0 Å². The predicted octanol–water partition coefficient (Wildman–Crippen LogP) is 8.17. The van der Waals surface area contributed by atoms with Gasteiger partial charge in [0.15, 0.2) is 0 Å². The Bertz CT molecular complexity index is 1450. The van der Waals surface area contributed by atoms with E-state index in [4.69, 9.17) is 13.9 Å². The van der Waals surface area contributed by atoms with Crippen molar-refractivity contribution < 1.29 is 28.9 Å². The molecule has 2 aromatic rings. The van der Waals surface area contributed by atoms with E-state index in [1.807, 2.05) is 52.8 Å². The molecule has 274 valence electrons. The second-order valence-corrected chi connectivity index (χ2v) is 20.5. The molecule has 50 heavy (non-hydrogen) atoms. The summed E-state index contributed by atoms with van der Waals surface area (Å²) in [5, 5.41) is 25.3. The number of aliphatic hydroxyl groups excluding tert-OH is 2. The minimum atomic E-state index is -2.90. The molecule has 0 aromatic heterocycles. The summed E-state index contributed by atoms with van der Waals surface area (Å²) < 4.78 is 20.3. The Labute approximate surface area is 302 Å². The molecule has 1 fully saturated rings. The number of rotatable bonds is 8. The number of hydrogen-bond donors (Lipinski definition) is 2. The zero-order chi connectivity index (χ0) is 36.7. The Balaban J connectivity index is 1.81. The Kier molecular flexibility index (Phi) is 13.6. The summed E-state index contributed by atoms with van der Waals surface area (Å²) in [6.45, 7) is 18.7. The van der Waals surface area contributed by atoms with Crippen LogP contribution in [0.5, 0.6) is 0 Å². The summed E-state index contributed by atoms with van der Waals surface area (Å²) in [5.74, 6) is -0.131. The molecule has 0 aliphatic carbocycles. The highest BCUT2D eigenvalue weighted by Gasteiger charge is 2.52. The molecular formula is C43H62O6Si. The third-order valence-corrected chi connectivity index (χ3v) is 15.9. The van der Waals surface area contributed by atoms with Crippen LogP contribution in [0.2, 0.25) is 5.04 Å². The molecule has 0 amide bonds. The Morgan fingerprint density at radius 1 is 0.920 bits per heavy atom. The highest BCUT2D eigenvalue weighted by molar-refractivity contribution is 6.99. The topological polar surface area (TPSA) is 85.2 Å². The van der Waals surface area contributed by atoms with Crippen molar-refractivity contribution in [2.75, 3.05) is 0 Å². The largest absolute Gasteiger partial charge is 0.490 e. The van der Waals surface area contributed by atoms with E-state index < -0.39 is 31.9 Å². The molecule has 6 atom stereocenters. The molecule has 0 unspecified atom stereocenters. The number of benzene rings is 2. The second kappa shape index (κ2) is 17.0. The first-order valence-corrected chi connectivity index (χ1v) is 20.6. The fraction of sp³-hybridized carbons (Fsp3) is 0.558. The summed E-state index contributed by atoms with van der Waals surface area (Å²) >= 11 is 0. The van der Waals surface area contributed by atoms with Crippen molar-refractivity contribution in [2.24, 2.45) is 11.3 Å². The number of esters is 1. The minimum absolute atomic E-state index is 0.215. The van der Waals surface area contributed by atoms with Crippen LogP contribution >= 0.6 is 0 Å². The standard InChI is InChI=1S/C43H62O6Si/c1-10-11-14-19-33-25-24-30(2)40(45)43(8,9)41(46)32(4)26-31(3)38-28-35(27-34(47-38)29-39(44)48-33)49-50(42(5,6)7,36-20-15-12-16-21-36)37-22-17-13-18-23-37/h12-13,15-18,20-24,26,29,32-33,35,38,40-41,45-46H,10-11,14,19,25,27-28H2,1-9H3/b30-24+,31-26+,34-29?/t32-,33+,35+,38-,40+,41+/m0/s1. The molecule has 4 rings (SSSR count). The predicted molar refractivity (Wildman–Crippen MR) is 206 cm³/mol. The highest BCUT2D eigenvalue weighted by atomic mass is 28.4. The van der Waals surface area contributed by atoms with Crippen LogP contribution in [-0.2, 0) is 18.7 Å². The van der Waals surface area contributed by atoms with E-state index >= 15 is 0 Å². The number of unbranched alkanes of at least 4 members (excludes halogenated alkanes) is 2. The number of ether oxygens (including phenoxy) is 2. The normalized spacial score (nSPS) is 29.0. The van der Waals surface area contributed by atoms with Gasteiger partial charge in [0.25, 0.3) is 8.32 Å². The third kappa shape index (κ3) is 9.27. The van der Waals surface area contributed by atoms with E-state index in [0.29, 0.717) is 25.0 Å². The quantitative estimate of drug-likeness (QED) is 0.125. The highest BCUT2D eigenvalue weighted by Crippen LogP contribution is 2.41. The fourth-order valence-electron chi connectivity index (χ4n) is 7.87. The van der Waals surface area contributed by atoms with Crippen LogP contribution in [0.25, 0.3) is 0 Å². The van der Waals surface area contributed by atoms with Crippen molar-refractivity contribution in [3.05, 3.63) is 95.8 Å². The van der Waals surface area contributed by atoms with Crippen molar-refractivity contribution in [2.45, 2.75) is 143 Å². The van der Waals surface area contributed by atoms with Gasteiger partial charge in [0.05, 0.1) is 24.4 Å². The smallest absolute Gasteiger partial charge is 0.334 e. The third-order valence-electron chi connectivity index (χ3n) is 10.8.